The highest BCUT2D eigenvalue weighted by Crippen LogP contribution is 2.24. The van der Waals surface area contributed by atoms with Gasteiger partial charge in [-0.2, -0.15) is 0 Å². The summed E-state index contributed by atoms with van der Waals surface area (Å²) in [6.07, 6.45) is 0. The van der Waals surface area contributed by atoms with Gasteiger partial charge in [0.1, 0.15) is 0 Å². The Labute approximate surface area is 112 Å². The Balaban J connectivity index is 2.09. The molecule has 0 bridgehead atoms. The van der Waals surface area contributed by atoms with E-state index < -0.39 is 0 Å². The quantitative estimate of drug-likeness (QED) is 0.879. The average molecular weight is 269 g/mol. The van der Waals surface area contributed by atoms with Gasteiger partial charge in [0.05, 0.1) is 29.8 Å². The lowest BCUT2D eigenvalue weighted by atomic mass is 10.0. The summed E-state index contributed by atoms with van der Waals surface area (Å²) in [5.74, 6) is -0.231. The van der Waals surface area contributed by atoms with Crippen LogP contribution in [0.4, 0.5) is 5.69 Å². The van der Waals surface area contributed by atoms with Crippen LogP contribution in [0, 0.1) is 12.8 Å². The molecule has 98 valence electrons. The highest BCUT2D eigenvalue weighted by Gasteiger charge is 2.33. The molecule has 2 N–H and O–H groups in total. The van der Waals surface area contributed by atoms with Crippen LogP contribution in [0.1, 0.15) is 5.56 Å². The average Bonchev–Trinajstić information content (AvgIpc) is 2.82. The summed E-state index contributed by atoms with van der Waals surface area (Å²) in [4.78, 5) is 12.2. The van der Waals surface area contributed by atoms with Gasteiger partial charge < -0.3 is 15.4 Å². The molecule has 1 aliphatic heterocycles. The predicted octanol–water partition coefficient (Wildman–Crippen LogP) is 1.82. The summed E-state index contributed by atoms with van der Waals surface area (Å²) >= 11 is 6.06. The number of hydrogen-bond acceptors (Lipinski definition) is 3. The topological polar surface area (TPSA) is 50.4 Å². The number of hydrogen-bond donors (Lipinski definition) is 2. The molecule has 2 unspecified atom stereocenters. The van der Waals surface area contributed by atoms with E-state index >= 15 is 0 Å². The van der Waals surface area contributed by atoms with Gasteiger partial charge in [-0.25, -0.2) is 0 Å². The maximum absolute atomic E-state index is 12.2. The molecule has 2 rings (SSSR count). The first-order valence-electron chi connectivity index (χ1n) is 5.94. The van der Waals surface area contributed by atoms with Gasteiger partial charge in [0.15, 0.2) is 0 Å². The number of ether oxygens (including phenoxy) is 1. The highest BCUT2D eigenvalue weighted by molar-refractivity contribution is 6.33. The smallest absolute Gasteiger partial charge is 0.231 e. The minimum atomic E-state index is -0.174. The van der Waals surface area contributed by atoms with E-state index in [9.17, 15) is 4.79 Å². The fraction of sp³-hybridized carbons (Fsp3) is 0.462. The molecule has 0 aromatic heterocycles. The van der Waals surface area contributed by atoms with Crippen molar-refractivity contribution in [2.75, 3.05) is 25.6 Å². The van der Waals surface area contributed by atoms with Gasteiger partial charge in [-0.3, -0.25) is 4.79 Å². The van der Waals surface area contributed by atoms with E-state index in [1.54, 1.807) is 6.07 Å². The molecule has 1 amide bonds. The largest absolute Gasteiger partial charge is 0.379 e. The third-order valence-corrected chi connectivity index (χ3v) is 3.50. The maximum Gasteiger partial charge on any atom is 0.231 e. The zero-order valence-electron chi connectivity index (χ0n) is 10.5. The van der Waals surface area contributed by atoms with Gasteiger partial charge in [0.25, 0.3) is 0 Å². The van der Waals surface area contributed by atoms with Crippen molar-refractivity contribution in [2.45, 2.75) is 13.0 Å². The first-order chi connectivity index (χ1) is 8.61. The van der Waals surface area contributed by atoms with Crippen molar-refractivity contribution in [3.63, 3.8) is 0 Å². The molecule has 0 aliphatic carbocycles. The summed E-state index contributed by atoms with van der Waals surface area (Å²) in [7, 11) is 1.83. The molecule has 18 heavy (non-hydrogen) atoms. The highest BCUT2D eigenvalue weighted by atomic mass is 35.5. The number of anilines is 1. The fourth-order valence-corrected chi connectivity index (χ4v) is 2.22. The number of carbonyl (C=O) groups is 1. The zero-order valence-corrected chi connectivity index (χ0v) is 11.3. The molecule has 1 heterocycles. The van der Waals surface area contributed by atoms with Crippen LogP contribution in [0.5, 0.6) is 0 Å². The van der Waals surface area contributed by atoms with E-state index in [2.05, 4.69) is 10.6 Å². The summed E-state index contributed by atoms with van der Waals surface area (Å²) in [6.45, 7) is 2.97. The first-order valence-corrected chi connectivity index (χ1v) is 6.31. The van der Waals surface area contributed by atoms with Crippen molar-refractivity contribution >= 4 is 23.2 Å². The molecule has 4 nitrogen and oxygen atoms in total. The van der Waals surface area contributed by atoms with Crippen molar-refractivity contribution in [3.8, 4) is 0 Å². The number of likely N-dealkylation sites (N-methyl/N-ethyl adjacent to an activating group) is 1. The number of nitrogens with one attached hydrogen (secondary N) is 2. The molecule has 1 fully saturated rings. The van der Waals surface area contributed by atoms with Crippen molar-refractivity contribution in [3.05, 3.63) is 28.8 Å². The molecule has 0 spiro atoms. The normalized spacial score (nSPS) is 23.1. The molecule has 1 aromatic carbocycles. The van der Waals surface area contributed by atoms with Crippen LogP contribution in [0.15, 0.2) is 18.2 Å². The zero-order chi connectivity index (χ0) is 13.1. The predicted molar refractivity (Wildman–Crippen MR) is 72.0 cm³/mol. The van der Waals surface area contributed by atoms with Crippen LogP contribution in [0.3, 0.4) is 0 Å². The Kier molecular flexibility index (Phi) is 4.22. The van der Waals surface area contributed by atoms with E-state index in [0.29, 0.717) is 23.9 Å². The lowest BCUT2D eigenvalue weighted by Crippen LogP contribution is -2.39. The number of aryl methyl sites for hydroxylation is 1. The van der Waals surface area contributed by atoms with Gasteiger partial charge in [0, 0.05) is 6.04 Å². The molecule has 0 saturated carbocycles. The van der Waals surface area contributed by atoms with E-state index in [0.717, 1.165) is 5.56 Å². The summed E-state index contributed by atoms with van der Waals surface area (Å²) < 4.78 is 5.32. The molecule has 1 aliphatic rings. The van der Waals surface area contributed by atoms with Gasteiger partial charge in [-0.15, -0.1) is 0 Å². The van der Waals surface area contributed by atoms with Gasteiger partial charge in [-0.05, 0) is 31.7 Å². The Hall–Kier alpha value is -1.10. The van der Waals surface area contributed by atoms with Crippen molar-refractivity contribution in [1.82, 2.24) is 5.32 Å². The SMILES string of the molecule is CNC1COCC1C(=O)Nc1cc(C)ccc1Cl. The van der Waals surface area contributed by atoms with E-state index in [-0.39, 0.29) is 17.9 Å². The van der Waals surface area contributed by atoms with Gasteiger partial charge in [-0.1, -0.05) is 17.7 Å². The molecular formula is C13H17ClN2O2. The second-order valence-corrected chi connectivity index (χ2v) is 4.92. The van der Waals surface area contributed by atoms with Crippen molar-refractivity contribution in [2.24, 2.45) is 5.92 Å². The van der Waals surface area contributed by atoms with E-state index in [1.165, 1.54) is 0 Å². The van der Waals surface area contributed by atoms with E-state index in [4.69, 9.17) is 16.3 Å². The second-order valence-electron chi connectivity index (χ2n) is 4.51. The fourth-order valence-electron chi connectivity index (χ4n) is 2.06. The van der Waals surface area contributed by atoms with E-state index in [1.807, 2.05) is 26.1 Å². The Bertz CT molecular complexity index is 451. The number of benzene rings is 1. The van der Waals surface area contributed by atoms with Gasteiger partial charge in [0.2, 0.25) is 5.91 Å². The number of halogens is 1. The first kappa shape index (κ1) is 13.3. The lowest BCUT2D eigenvalue weighted by molar-refractivity contribution is -0.120. The molecule has 0 radical (unpaired) electrons. The Morgan fingerprint density at radius 1 is 1.44 bits per heavy atom. The summed E-state index contributed by atoms with van der Waals surface area (Å²) in [6, 6.07) is 5.62. The lowest BCUT2D eigenvalue weighted by Gasteiger charge is -2.17. The van der Waals surface area contributed by atoms with Gasteiger partial charge >= 0.3 is 0 Å². The molecule has 2 atom stereocenters. The third kappa shape index (κ3) is 2.83. The Morgan fingerprint density at radius 2 is 2.22 bits per heavy atom. The monoisotopic (exact) mass is 268 g/mol. The summed E-state index contributed by atoms with van der Waals surface area (Å²) in [5.41, 5.74) is 1.71. The number of rotatable bonds is 3. The van der Waals surface area contributed by atoms with Crippen LogP contribution < -0.4 is 10.6 Å². The number of amides is 1. The maximum atomic E-state index is 12.2. The summed E-state index contributed by atoms with van der Waals surface area (Å²) in [5, 5.41) is 6.50. The Morgan fingerprint density at radius 3 is 2.94 bits per heavy atom. The van der Waals surface area contributed by atoms with Crippen LogP contribution in [0.25, 0.3) is 0 Å². The standard InChI is InChI=1S/C13H17ClN2O2/c1-8-3-4-10(14)11(5-8)16-13(17)9-6-18-7-12(9)15-2/h3-5,9,12,15H,6-7H2,1-2H3,(H,16,17). The number of carbonyl (C=O) groups excluding carboxylic acids is 1. The van der Waals surface area contributed by atoms with Crippen LogP contribution in [0.2, 0.25) is 5.02 Å². The minimum absolute atomic E-state index is 0.0562. The van der Waals surface area contributed by atoms with Crippen molar-refractivity contribution in [1.29, 1.82) is 0 Å². The third-order valence-electron chi connectivity index (χ3n) is 3.17. The second kappa shape index (κ2) is 5.69. The molecule has 1 saturated heterocycles. The van der Waals surface area contributed by atoms with Crippen LogP contribution in [-0.2, 0) is 9.53 Å². The minimum Gasteiger partial charge on any atom is -0.379 e. The van der Waals surface area contributed by atoms with Crippen molar-refractivity contribution < 1.29 is 9.53 Å². The molecule has 5 heteroatoms. The van der Waals surface area contributed by atoms with Crippen LogP contribution in [-0.4, -0.2) is 32.2 Å². The molecular weight excluding hydrogens is 252 g/mol. The molecule has 1 aromatic rings. The van der Waals surface area contributed by atoms with Crippen LogP contribution >= 0.6 is 11.6 Å².